The Kier molecular flexibility index (Phi) is 3.90. The van der Waals surface area contributed by atoms with Crippen LogP contribution in [-0.2, 0) is 13.1 Å². The normalized spacial score (nSPS) is 13.1. The van der Waals surface area contributed by atoms with E-state index >= 15 is 0 Å². The number of benzene rings is 1. The monoisotopic (exact) mass is 246 g/mol. The summed E-state index contributed by atoms with van der Waals surface area (Å²) < 4.78 is 3.78. The van der Waals surface area contributed by atoms with E-state index in [1.807, 2.05) is 40.3 Å². The summed E-state index contributed by atoms with van der Waals surface area (Å²) in [6.07, 6.45) is 2.33. The molecule has 18 heavy (non-hydrogen) atoms. The number of hydrogen-bond acceptors (Lipinski definition) is 1. The SMILES string of the molecule is CCCC(C)Cn1c(=O)n(CC)c2ccccc21. The number of fused-ring (bicyclic) bond motifs is 1. The Bertz CT molecular complexity index is 580. The van der Waals surface area contributed by atoms with Gasteiger partial charge in [0.1, 0.15) is 0 Å². The lowest BCUT2D eigenvalue weighted by Crippen LogP contribution is -2.25. The van der Waals surface area contributed by atoms with E-state index in [1.165, 1.54) is 6.42 Å². The molecule has 1 atom stereocenters. The molecule has 0 fully saturated rings. The van der Waals surface area contributed by atoms with Crippen LogP contribution in [0.5, 0.6) is 0 Å². The van der Waals surface area contributed by atoms with Gasteiger partial charge < -0.3 is 0 Å². The average molecular weight is 246 g/mol. The van der Waals surface area contributed by atoms with Gasteiger partial charge in [-0.3, -0.25) is 9.13 Å². The highest BCUT2D eigenvalue weighted by Crippen LogP contribution is 2.15. The van der Waals surface area contributed by atoms with Gasteiger partial charge in [0, 0.05) is 13.1 Å². The second kappa shape index (κ2) is 5.42. The molecule has 1 heterocycles. The average Bonchev–Trinajstić information content (AvgIpc) is 2.63. The van der Waals surface area contributed by atoms with E-state index in [0.29, 0.717) is 5.92 Å². The van der Waals surface area contributed by atoms with Crippen molar-refractivity contribution < 1.29 is 0 Å². The van der Waals surface area contributed by atoms with Crippen LogP contribution in [0.25, 0.3) is 11.0 Å². The van der Waals surface area contributed by atoms with E-state index in [2.05, 4.69) is 13.8 Å². The number of para-hydroxylation sites is 2. The van der Waals surface area contributed by atoms with Crippen LogP contribution >= 0.6 is 0 Å². The zero-order chi connectivity index (χ0) is 13.1. The Hall–Kier alpha value is -1.51. The third-order valence-corrected chi connectivity index (χ3v) is 3.52. The van der Waals surface area contributed by atoms with Crippen LogP contribution in [0.3, 0.4) is 0 Å². The zero-order valence-corrected chi connectivity index (χ0v) is 11.5. The Morgan fingerprint density at radius 1 is 1.11 bits per heavy atom. The standard InChI is InChI=1S/C15H22N2O/c1-4-8-12(3)11-17-14-10-7-6-9-13(14)16(5-2)15(17)18/h6-7,9-10,12H,4-5,8,11H2,1-3H3. The van der Waals surface area contributed by atoms with Crippen molar-refractivity contribution >= 4 is 11.0 Å². The third kappa shape index (κ3) is 2.22. The van der Waals surface area contributed by atoms with Gasteiger partial charge in [0.2, 0.25) is 0 Å². The molecule has 0 bridgehead atoms. The Labute approximate surface area is 108 Å². The summed E-state index contributed by atoms with van der Waals surface area (Å²) in [6, 6.07) is 8.07. The summed E-state index contributed by atoms with van der Waals surface area (Å²) in [7, 11) is 0. The van der Waals surface area contributed by atoms with Gasteiger partial charge in [-0.05, 0) is 31.4 Å². The molecule has 0 saturated heterocycles. The molecule has 2 rings (SSSR count). The van der Waals surface area contributed by atoms with Crippen molar-refractivity contribution in [3.63, 3.8) is 0 Å². The molecule has 0 amide bonds. The summed E-state index contributed by atoms with van der Waals surface area (Å²) >= 11 is 0. The summed E-state index contributed by atoms with van der Waals surface area (Å²) in [5, 5.41) is 0. The van der Waals surface area contributed by atoms with Crippen molar-refractivity contribution in [2.75, 3.05) is 0 Å². The minimum Gasteiger partial charge on any atom is -0.292 e. The minimum absolute atomic E-state index is 0.127. The van der Waals surface area contributed by atoms with Crippen molar-refractivity contribution in [3.8, 4) is 0 Å². The van der Waals surface area contributed by atoms with Crippen LogP contribution in [0, 0.1) is 5.92 Å². The maximum Gasteiger partial charge on any atom is 0.329 e. The van der Waals surface area contributed by atoms with Crippen LogP contribution in [0.4, 0.5) is 0 Å². The molecule has 0 aliphatic carbocycles. The first kappa shape index (κ1) is 12.9. The van der Waals surface area contributed by atoms with Gasteiger partial charge in [0.25, 0.3) is 0 Å². The van der Waals surface area contributed by atoms with Gasteiger partial charge in [-0.15, -0.1) is 0 Å². The largest absolute Gasteiger partial charge is 0.329 e. The van der Waals surface area contributed by atoms with Crippen LogP contribution < -0.4 is 5.69 Å². The van der Waals surface area contributed by atoms with Crippen molar-refractivity contribution in [1.29, 1.82) is 0 Å². The fourth-order valence-electron chi connectivity index (χ4n) is 2.65. The number of imidazole rings is 1. The lowest BCUT2D eigenvalue weighted by Gasteiger charge is -2.10. The van der Waals surface area contributed by atoms with Gasteiger partial charge in [-0.25, -0.2) is 4.79 Å². The predicted octanol–water partition coefficient (Wildman–Crippen LogP) is 3.26. The van der Waals surface area contributed by atoms with Crippen molar-refractivity contribution in [2.45, 2.75) is 46.7 Å². The zero-order valence-electron chi connectivity index (χ0n) is 11.5. The second-order valence-corrected chi connectivity index (χ2v) is 5.02. The molecule has 3 heteroatoms. The van der Waals surface area contributed by atoms with Crippen molar-refractivity contribution in [3.05, 3.63) is 34.7 Å². The molecule has 0 aliphatic heterocycles. The fourth-order valence-corrected chi connectivity index (χ4v) is 2.65. The predicted molar refractivity (Wildman–Crippen MR) is 75.9 cm³/mol. The first-order valence-corrected chi connectivity index (χ1v) is 6.87. The molecule has 3 nitrogen and oxygen atoms in total. The van der Waals surface area contributed by atoms with Crippen molar-refractivity contribution in [2.24, 2.45) is 5.92 Å². The minimum atomic E-state index is 0.127. The topological polar surface area (TPSA) is 26.9 Å². The first-order valence-electron chi connectivity index (χ1n) is 6.87. The summed E-state index contributed by atoms with van der Waals surface area (Å²) in [5.41, 5.74) is 2.24. The first-order chi connectivity index (χ1) is 8.69. The van der Waals surface area contributed by atoms with E-state index in [1.54, 1.807) is 0 Å². The summed E-state index contributed by atoms with van der Waals surface area (Å²) in [4.78, 5) is 12.4. The van der Waals surface area contributed by atoms with Crippen LogP contribution in [0.15, 0.2) is 29.1 Å². The van der Waals surface area contributed by atoms with Crippen LogP contribution in [0.1, 0.15) is 33.6 Å². The molecule has 0 saturated carbocycles. The van der Waals surface area contributed by atoms with E-state index in [9.17, 15) is 4.79 Å². The molecule has 1 aromatic heterocycles. The maximum atomic E-state index is 12.4. The number of aromatic nitrogens is 2. The molecule has 1 unspecified atom stereocenters. The highest BCUT2D eigenvalue weighted by molar-refractivity contribution is 5.75. The van der Waals surface area contributed by atoms with E-state index in [-0.39, 0.29) is 5.69 Å². The van der Waals surface area contributed by atoms with Gasteiger partial charge in [0.05, 0.1) is 11.0 Å². The smallest absolute Gasteiger partial charge is 0.292 e. The highest BCUT2D eigenvalue weighted by atomic mass is 16.1. The molecule has 98 valence electrons. The number of aryl methyl sites for hydroxylation is 1. The third-order valence-electron chi connectivity index (χ3n) is 3.52. The van der Waals surface area contributed by atoms with Crippen LogP contribution in [0.2, 0.25) is 0 Å². The van der Waals surface area contributed by atoms with Gasteiger partial charge in [0.15, 0.2) is 0 Å². The highest BCUT2D eigenvalue weighted by Gasteiger charge is 2.13. The molecule has 2 aromatic rings. The second-order valence-electron chi connectivity index (χ2n) is 5.02. The summed E-state index contributed by atoms with van der Waals surface area (Å²) in [6.45, 7) is 7.98. The van der Waals surface area contributed by atoms with E-state index in [4.69, 9.17) is 0 Å². The Morgan fingerprint density at radius 3 is 2.28 bits per heavy atom. The van der Waals surface area contributed by atoms with E-state index in [0.717, 1.165) is 30.5 Å². The fraction of sp³-hybridized carbons (Fsp3) is 0.533. The molecular formula is C15H22N2O. The molecule has 0 radical (unpaired) electrons. The maximum absolute atomic E-state index is 12.4. The quantitative estimate of drug-likeness (QED) is 0.795. The summed E-state index contributed by atoms with van der Waals surface area (Å²) in [5.74, 6) is 0.545. The van der Waals surface area contributed by atoms with Gasteiger partial charge in [-0.1, -0.05) is 32.4 Å². The Balaban J connectivity index is 2.50. The molecule has 0 aliphatic rings. The number of nitrogens with zero attached hydrogens (tertiary/aromatic N) is 2. The number of rotatable bonds is 5. The lowest BCUT2D eigenvalue weighted by molar-refractivity contribution is 0.441. The number of hydrogen-bond donors (Lipinski definition) is 0. The molecular weight excluding hydrogens is 224 g/mol. The molecule has 1 aromatic carbocycles. The van der Waals surface area contributed by atoms with E-state index < -0.39 is 0 Å². The molecule has 0 N–H and O–H groups in total. The lowest BCUT2D eigenvalue weighted by atomic mass is 10.1. The van der Waals surface area contributed by atoms with Gasteiger partial charge >= 0.3 is 5.69 Å². The molecule has 0 spiro atoms. The van der Waals surface area contributed by atoms with Crippen molar-refractivity contribution in [1.82, 2.24) is 9.13 Å². The van der Waals surface area contributed by atoms with Crippen LogP contribution in [-0.4, -0.2) is 9.13 Å². The van der Waals surface area contributed by atoms with Gasteiger partial charge in [-0.2, -0.15) is 0 Å². The Morgan fingerprint density at radius 2 is 1.72 bits per heavy atom.